The van der Waals surface area contributed by atoms with Gasteiger partial charge in [0, 0.05) is 16.7 Å². The van der Waals surface area contributed by atoms with Gasteiger partial charge in [0.05, 0.1) is 7.11 Å². The Kier molecular flexibility index (Phi) is 6.77. The van der Waals surface area contributed by atoms with Crippen LogP contribution in [0.25, 0.3) is 0 Å². The number of hydrogen-bond acceptors (Lipinski definition) is 3. The average molecular weight is 457 g/mol. The van der Waals surface area contributed by atoms with E-state index in [0.717, 1.165) is 22.4 Å². The zero-order valence-electron chi connectivity index (χ0n) is 19.9. The average Bonchev–Trinajstić information content (AvgIpc) is 3.14. The minimum absolute atomic E-state index is 0.267. The van der Waals surface area contributed by atoms with E-state index < -0.39 is 12.1 Å². The van der Waals surface area contributed by atoms with E-state index in [0.29, 0.717) is 11.5 Å². The second-order valence-corrected chi connectivity index (χ2v) is 8.87. The van der Waals surface area contributed by atoms with Crippen molar-refractivity contribution in [3.05, 3.63) is 101 Å². The number of hydrogen-bond donors (Lipinski definition) is 2. The second-order valence-electron chi connectivity index (χ2n) is 8.87. The van der Waals surface area contributed by atoms with E-state index in [1.807, 2.05) is 61.7 Å². The van der Waals surface area contributed by atoms with Crippen molar-refractivity contribution in [1.82, 2.24) is 10.7 Å². The summed E-state index contributed by atoms with van der Waals surface area (Å²) in [5.74, 6) is 0.605. The standard InChI is InChI=1S/C28H29N3O3/c1-18(2)21-11-7-20(8-12-21)17-31-26(22-13-15-24(34-4)16-14-22)25(28(33)30-31)29-27(32)23-9-5-19(3)6-10-23/h5-18,25-26H,1-4H3,(H-,29,30,32,33)/p+1/b31-17-/t25-,26+/m1/s1. The van der Waals surface area contributed by atoms with E-state index in [2.05, 4.69) is 36.7 Å². The Morgan fingerprint density at radius 2 is 1.65 bits per heavy atom. The van der Waals surface area contributed by atoms with Crippen LogP contribution in [-0.4, -0.2) is 35.9 Å². The van der Waals surface area contributed by atoms with Gasteiger partial charge in [-0.05, 0) is 66.9 Å². The maximum Gasteiger partial charge on any atom is 0.304 e. The Hall–Kier alpha value is -3.93. The molecule has 0 saturated carbocycles. The van der Waals surface area contributed by atoms with Gasteiger partial charge in [0.15, 0.2) is 6.04 Å². The summed E-state index contributed by atoms with van der Waals surface area (Å²) in [6.45, 7) is 6.27. The monoisotopic (exact) mass is 456 g/mol. The Labute approximate surface area is 200 Å². The Bertz CT molecular complexity index is 1200. The maximum absolute atomic E-state index is 13.0. The lowest BCUT2D eigenvalue weighted by atomic mass is 9.99. The summed E-state index contributed by atoms with van der Waals surface area (Å²) < 4.78 is 7.06. The molecule has 1 saturated heterocycles. The van der Waals surface area contributed by atoms with Crippen molar-refractivity contribution in [1.29, 1.82) is 0 Å². The molecule has 4 rings (SSSR count). The van der Waals surface area contributed by atoms with E-state index in [-0.39, 0.29) is 11.8 Å². The number of ether oxygens (including phenoxy) is 1. The predicted octanol–water partition coefficient (Wildman–Crippen LogP) is 4.14. The molecule has 6 nitrogen and oxygen atoms in total. The number of rotatable bonds is 6. The molecule has 2 atom stereocenters. The number of aryl methyl sites for hydroxylation is 1. The molecule has 0 bridgehead atoms. The summed E-state index contributed by atoms with van der Waals surface area (Å²) in [5, 5.41) is 2.94. The van der Waals surface area contributed by atoms with Crippen LogP contribution in [0.15, 0.2) is 72.8 Å². The molecule has 174 valence electrons. The van der Waals surface area contributed by atoms with Gasteiger partial charge in [-0.3, -0.25) is 9.59 Å². The highest BCUT2D eigenvalue weighted by Gasteiger charge is 2.47. The fraction of sp³-hybridized carbons (Fsp3) is 0.250. The van der Waals surface area contributed by atoms with Crippen molar-refractivity contribution < 1.29 is 19.0 Å². The normalized spacial score (nSPS) is 18.7. The molecule has 3 aromatic rings. The molecule has 1 fully saturated rings. The molecule has 2 N–H and O–H groups in total. The molecule has 0 radical (unpaired) electrons. The molecular weight excluding hydrogens is 426 g/mol. The number of carbonyl (C=O) groups is 2. The van der Waals surface area contributed by atoms with E-state index in [9.17, 15) is 9.59 Å². The summed E-state index contributed by atoms with van der Waals surface area (Å²) in [6.07, 6.45) is 1.90. The summed E-state index contributed by atoms with van der Waals surface area (Å²) in [7, 11) is 1.61. The molecule has 2 amide bonds. The van der Waals surface area contributed by atoms with Crippen LogP contribution in [0.5, 0.6) is 5.75 Å². The summed E-state index contributed by atoms with van der Waals surface area (Å²) >= 11 is 0. The third-order valence-electron chi connectivity index (χ3n) is 6.09. The predicted molar refractivity (Wildman–Crippen MR) is 132 cm³/mol. The third kappa shape index (κ3) is 5.01. The highest BCUT2D eigenvalue weighted by Crippen LogP contribution is 2.27. The van der Waals surface area contributed by atoms with E-state index in [1.165, 1.54) is 5.56 Å². The maximum atomic E-state index is 13.0. The van der Waals surface area contributed by atoms with Crippen LogP contribution in [0.3, 0.4) is 0 Å². The molecule has 6 heteroatoms. The molecular formula is C28H30N3O3+. The van der Waals surface area contributed by atoms with Gasteiger partial charge >= 0.3 is 5.91 Å². The highest BCUT2D eigenvalue weighted by molar-refractivity contribution is 5.98. The number of carbonyl (C=O) groups excluding carboxylic acids is 2. The van der Waals surface area contributed by atoms with Crippen LogP contribution in [0.4, 0.5) is 0 Å². The third-order valence-corrected chi connectivity index (χ3v) is 6.09. The SMILES string of the molecule is COc1ccc([C@H]2[C@@H](NC(=O)c3ccc(C)cc3)C(=O)N/[N+]2=C\c2ccc(C(C)C)cc2)cc1. The Morgan fingerprint density at radius 3 is 2.24 bits per heavy atom. The molecule has 3 aromatic carbocycles. The van der Waals surface area contributed by atoms with Crippen LogP contribution in [0, 0.1) is 6.92 Å². The summed E-state index contributed by atoms with van der Waals surface area (Å²) in [6, 6.07) is 21.9. The first kappa shape index (κ1) is 23.2. The van der Waals surface area contributed by atoms with Crippen LogP contribution in [0.1, 0.15) is 58.4 Å². The summed E-state index contributed by atoms with van der Waals surface area (Å²) in [4.78, 5) is 26.0. The van der Waals surface area contributed by atoms with Crippen molar-refractivity contribution in [2.24, 2.45) is 0 Å². The van der Waals surface area contributed by atoms with E-state index >= 15 is 0 Å². The first-order chi connectivity index (χ1) is 16.4. The molecule has 1 aliphatic heterocycles. The van der Waals surface area contributed by atoms with Crippen molar-refractivity contribution in [2.45, 2.75) is 38.8 Å². The molecule has 0 aromatic heterocycles. The van der Waals surface area contributed by atoms with Gasteiger partial charge in [0.2, 0.25) is 12.3 Å². The lowest BCUT2D eigenvalue weighted by molar-refractivity contribution is -0.596. The minimum atomic E-state index is -0.770. The lowest BCUT2D eigenvalue weighted by Gasteiger charge is -2.15. The number of hydrazine groups is 1. The topological polar surface area (TPSA) is 70.4 Å². The Morgan fingerprint density at radius 1 is 1.00 bits per heavy atom. The molecule has 1 heterocycles. The number of nitrogens with zero attached hydrogens (tertiary/aromatic N) is 1. The largest absolute Gasteiger partial charge is 0.497 e. The second kappa shape index (κ2) is 9.91. The van der Waals surface area contributed by atoms with Gasteiger partial charge in [-0.2, -0.15) is 0 Å². The number of hydrazone groups is 1. The highest BCUT2D eigenvalue weighted by atomic mass is 16.5. The molecule has 0 unspecified atom stereocenters. The van der Waals surface area contributed by atoms with Crippen LogP contribution in [0.2, 0.25) is 0 Å². The Balaban J connectivity index is 1.68. The molecule has 0 aliphatic carbocycles. The first-order valence-electron chi connectivity index (χ1n) is 11.4. The fourth-order valence-corrected chi connectivity index (χ4v) is 4.04. The van der Waals surface area contributed by atoms with Crippen LogP contribution >= 0.6 is 0 Å². The zero-order valence-corrected chi connectivity index (χ0v) is 19.9. The van der Waals surface area contributed by atoms with E-state index in [1.54, 1.807) is 23.9 Å². The van der Waals surface area contributed by atoms with Crippen LogP contribution in [-0.2, 0) is 4.79 Å². The van der Waals surface area contributed by atoms with Gasteiger partial charge in [-0.25, -0.2) is 0 Å². The first-order valence-corrected chi connectivity index (χ1v) is 11.4. The quantitative estimate of drug-likeness (QED) is 0.548. The number of benzene rings is 3. The number of nitrogens with one attached hydrogen (secondary N) is 2. The van der Waals surface area contributed by atoms with Gasteiger partial charge in [0.25, 0.3) is 5.91 Å². The van der Waals surface area contributed by atoms with Crippen molar-refractivity contribution >= 4 is 18.0 Å². The number of methoxy groups -OCH3 is 1. The van der Waals surface area contributed by atoms with Gasteiger partial charge < -0.3 is 10.1 Å². The van der Waals surface area contributed by atoms with Crippen molar-refractivity contribution in [3.63, 3.8) is 0 Å². The van der Waals surface area contributed by atoms with Gasteiger partial charge in [-0.15, -0.1) is 10.1 Å². The van der Waals surface area contributed by atoms with Crippen LogP contribution < -0.4 is 15.5 Å². The van der Waals surface area contributed by atoms with Crippen molar-refractivity contribution in [2.75, 3.05) is 7.11 Å². The van der Waals surface area contributed by atoms with Crippen molar-refractivity contribution in [3.8, 4) is 5.75 Å². The van der Waals surface area contributed by atoms with Gasteiger partial charge in [-0.1, -0.05) is 43.7 Å². The molecule has 0 spiro atoms. The van der Waals surface area contributed by atoms with Gasteiger partial charge in [0.1, 0.15) is 5.75 Å². The molecule has 1 aliphatic rings. The fourth-order valence-electron chi connectivity index (χ4n) is 4.04. The molecule has 34 heavy (non-hydrogen) atoms. The zero-order chi connectivity index (χ0) is 24.2. The smallest absolute Gasteiger partial charge is 0.304 e. The summed E-state index contributed by atoms with van der Waals surface area (Å²) in [5.41, 5.74) is 7.58. The van der Waals surface area contributed by atoms with E-state index in [4.69, 9.17) is 4.74 Å². The number of amides is 2. The minimum Gasteiger partial charge on any atom is -0.497 e. The lowest BCUT2D eigenvalue weighted by Crippen LogP contribution is -2.42.